The third-order valence-electron chi connectivity index (χ3n) is 2.70. The van der Waals surface area contributed by atoms with Crippen molar-refractivity contribution in [3.05, 3.63) is 40.0 Å². The number of thiazole rings is 1. The first-order valence-electron chi connectivity index (χ1n) is 6.27. The molecular formula is C14H11BrClN3OS. The largest absolute Gasteiger partial charge is 0.494 e. The predicted molar refractivity (Wildman–Crippen MR) is 91.0 cm³/mol. The van der Waals surface area contributed by atoms with Crippen molar-refractivity contribution in [1.82, 2.24) is 9.97 Å². The summed E-state index contributed by atoms with van der Waals surface area (Å²) in [6.45, 7) is 2.61. The fraction of sp³-hybridized carbons (Fsp3) is 0.143. The van der Waals surface area contributed by atoms with Crippen LogP contribution >= 0.6 is 38.9 Å². The monoisotopic (exact) mass is 383 g/mol. The average molecular weight is 385 g/mol. The lowest BCUT2D eigenvalue weighted by Crippen LogP contribution is -1.93. The fourth-order valence-corrected chi connectivity index (χ4v) is 3.39. The van der Waals surface area contributed by atoms with Crippen molar-refractivity contribution in [1.29, 1.82) is 0 Å². The molecule has 0 aliphatic carbocycles. The molecular weight excluding hydrogens is 374 g/mol. The average Bonchev–Trinajstić information content (AvgIpc) is 2.84. The third-order valence-corrected chi connectivity index (χ3v) is 4.36. The van der Waals surface area contributed by atoms with Crippen LogP contribution in [-0.4, -0.2) is 16.6 Å². The van der Waals surface area contributed by atoms with E-state index in [1.165, 1.54) is 11.3 Å². The maximum absolute atomic E-state index is 6.15. The molecule has 1 N–H and O–H groups in total. The van der Waals surface area contributed by atoms with Crippen LogP contribution in [0.1, 0.15) is 6.92 Å². The molecule has 0 aliphatic heterocycles. The Bertz CT molecular complexity index is 793. The van der Waals surface area contributed by atoms with Gasteiger partial charge in [0.15, 0.2) is 10.9 Å². The molecule has 0 saturated carbocycles. The lowest BCUT2D eigenvalue weighted by atomic mass is 10.3. The summed E-state index contributed by atoms with van der Waals surface area (Å²) < 4.78 is 7.38. The number of nitrogens with one attached hydrogen (secondary N) is 1. The summed E-state index contributed by atoms with van der Waals surface area (Å²) in [5, 5.41) is 4.43. The zero-order valence-electron chi connectivity index (χ0n) is 11.1. The predicted octanol–water partition coefficient (Wildman–Crippen LogP) is 5.25. The van der Waals surface area contributed by atoms with Gasteiger partial charge in [0.05, 0.1) is 21.8 Å². The zero-order chi connectivity index (χ0) is 14.8. The molecule has 0 amide bonds. The van der Waals surface area contributed by atoms with Gasteiger partial charge in [0.25, 0.3) is 0 Å². The highest BCUT2D eigenvalue weighted by Gasteiger charge is 2.08. The molecule has 7 heteroatoms. The zero-order valence-corrected chi connectivity index (χ0v) is 14.2. The van der Waals surface area contributed by atoms with Crippen LogP contribution in [0.25, 0.3) is 10.2 Å². The summed E-state index contributed by atoms with van der Waals surface area (Å²) in [6.07, 6.45) is 1.69. The van der Waals surface area contributed by atoms with Gasteiger partial charge in [0.2, 0.25) is 0 Å². The second kappa shape index (κ2) is 6.17. The molecule has 21 heavy (non-hydrogen) atoms. The molecule has 0 atom stereocenters. The number of hydrogen-bond acceptors (Lipinski definition) is 5. The molecule has 4 nitrogen and oxygen atoms in total. The number of halogens is 2. The number of fused-ring (bicyclic) bond motifs is 1. The topological polar surface area (TPSA) is 47.0 Å². The molecule has 2 aromatic heterocycles. The highest BCUT2D eigenvalue weighted by atomic mass is 79.9. The lowest BCUT2D eigenvalue weighted by molar-refractivity contribution is 0.341. The Hall–Kier alpha value is -1.37. The number of aromatic nitrogens is 2. The standard InChI is InChI=1S/C14H11BrClN3OS/c1-2-20-9-3-4-11-12(6-9)21-14(18-11)19-13-10(16)5-8(15)7-17-13/h3-7H,2H2,1H3,(H,17,18,19). The van der Waals surface area contributed by atoms with Crippen LogP contribution in [0, 0.1) is 0 Å². The molecule has 3 aromatic rings. The number of anilines is 2. The number of hydrogen-bond donors (Lipinski definition) is 1. The van der Waals surface area contributed by atoms with Crippen LogP contribution < -0.4 is 10.1 Å². The van der Waals surface area contributed by atoms with Gasteiger partial charge in [-0.15, -0.1) is 0 Å². The van der Waals surface area contributed by atoms with Crippen molar-refractivity contribution in [2.75, 3.05) is 11.9 Å². The van der Waals surface area contributed by atoms with E-state index in [4.69, 9.17) is 16.3 Å². The molecule has 0 bridgehead atoms. The first kappa shape index (κ1) is 14.6. The van der Waals surface area contributed by atoms with Gasteiger partial charge in [-0.25, -0.2) is 9.97 Å². The van der Waals surface area contributed by atoms with Crippen molar-refractivity contribution >= 4 is 60.0 Å². The van der Waals surface area contributed by atoms with Crippen molar-refractivity contribution in [3.63, 3.8) is 0 Å². The second-order valence-corrected chi connectivity index (χ2v) is 6.54. The molecule has 108 valence electrons. The molecule has 0 spiro atoms. The van der Waals surface area contributed by atoms with Gasteiger partial charge >= 0.3 is 0 Å². The SMILES string of the molecule is CCOc1ccc2nc(Nc3ncc(Br)cc3Cl)sc2c1. The van der Waals surface area contributed by atoms with Crippen molar-refractivity contribution in [2.24, 2.45) is 0 Å². The van der Waals surface area contributed by atoms with Crippen LogP contribution in [0.5, 0.6) is 5.75 Å². The molecule has 0 radical (unpaired) electrons. The molecule has 3 rings (SSSR count). The van der Waals surface area contributed by atoms with Gasteiger partial charge < -0.3 is 10.1 Å². The molecule has 0 saturated heterocycles. The van der Waals surface area contributed by atoms with Gasteiger partial charge in [-0.2, -0.15) is 0 Å². The van der Waals surface area contributed by atoms with Crippen molar-refractivity contribution in [3.8, 4) is 5.75 Å². The van der Waals surface area contributed by atoms with Gasteiger partial charge in [0.1, 0.15) is 5.75 Å². The minimum absolute atomic E-state index is 0.540. The number of ether oxygens (including phenoxy) is 1. The van der Waals surface area contributed by atoms with Gasteiger partial charge in [-0.1, -0.05) is 22.9 Å². The maximum atomic E-state index is 6.15. The van der Waals surface area contributed by atoms with Crippen molar-refractivity contribution in [2.45, 2.75) is 6.92 Å². The number of nitrogens with zero attached hydrogens (tertiary/aromatic N) is 2. The van der Waals surface area contributed by atoms with E-state index in [1.807, 2.05) is 25.1 Å². The Kier molecular flexibility index (Phi) is 4.28. The van der Waals surface area contributed by atoms with E-state index >= 15 is 0 Å². The maximum Gasteiger partial charge on any atom is 0.189 e. The lowest BCUT2D eigenvalue weighted by Gasteiger charge is -2.03. The van der Waals surface area contributed by atoms with Crippen LogP contribution in [0.15, 0.2) is 34.9 Å². The smallest absolute Gasteiger partial charge is 0.189 e. The molecule has 0 fully saturated rings. The number of benzene rings is 1. The van der Waals surface area contributed by atoms with E-state index in [-0.39, 0.29) is 0 Å². The second-order valence-electron chi connectivity index (χ2n) is 4.19. The summed E-state index contributed by atoms with van der Waals surface area (Å²) in [7, 11) is 0. The molecule has 1 aromatic carbocycles. The van der Waals surface area contributed by atoms with E-state index in [1.54, 1.807) is 12.3 Å². The summed E-state index contributed by atoms with van der Waals surface area (Å²) in [6, 6.07) is 7.63. The Balaban J connectivity index is 1.90. The Morgan fingerprint density at radius 2 is 2.24 bits per heavy atom. The first-order valence-corrected chi connectivity index (χ1v) is 8.26. The fourth-order valence-electron chi connectivity index (χ4n) is 1.82. The van der Waals surface area contributed by atoms with Gasteiger partial charge in [-0.3, -0.25) is 0 Å². The Labute approximate surface area is 139 Å². The minimum atomic E-state index is 0.540. The first-order chi connectivity index (χ1) is 10.2. The van der Waals surface area contributed by atoms with Crippen LogP contribution in [0.4, 0.5) is 10.9 Å². The van der Waals surface area contributed by atoms with Gasteiger partial charge in [0, 0.05) is 10.7 Å². The molecule has 2 heterocycles. The van der Waals surface area contributed by atoms with Crippen molar-refractivity contribution < 1.29 is 4.74 Å². The highest BCUT2D eigenvalue weighted by Crippen LogP contribution is 2.32. The van der Waals surface area contributed by atoms with E-state index in [0.717, 1.165) is 25.6 Å². The summed E-state index contributed by atoms with van der Waals surface area (Å²) in [4.78, 5) is 8.76. The minimum Gasteiger partial charge on any atom is -0.494 e. The van der Waals surface area contributed by atoms with E-state index in [9.17, 15) is 0 Å². The van der Waals surface area contributed by atoms with Crippen LogP contribution in [0.3, 0.4) is 0 Å². The van der Waals surface area contributed by atoms with E-state index < -0.39 is 0 Å². The number of pyridine rings is 1. The van der Waals surface area contributed by atoms with Crippen LogP contribution in [-0.2, 0) is 0 Å². The number of rotatable bonds is 4. The quantitative estimate of drug-likeness (QED) is 0.667. The summed E-state index contributed by atoms with van der Waals surface area (Å²) in [5.74, 6) is 1.43. The molecule has 0 unspecified atom stereocenters. The van der Waals surface area contributed by atoms with Crippen LogP contribution in [0.2, 0.25) is 5.02 Å². The summed E-state index contributed by atoms with van der Waals surface area (Å²) in [5.41, 5.74) is 0.916. The van der Waals surface area contributed by atoms with E-state index in [2.05, 4.69) is 31.2 Å². The van der Waals surface area contributed by atoms with E-state index in [0.29, 0.717) is 17.4 Å². The third kappa shape index (κ3) is 3.28. The summed E-state index contributed by atoms with van der Waals surface area (Å²) >= 11 is 11.0. The highest BCUT2D eigenvalue weighted by molar-refractivity contribution is 9.10. The van der Waals surface area contributed by atoms with Gasteiger partial charge in [-0.05, 0) is 47.1 Å². The molecule has 0 aliphatic rings. The Morgan fingerprint density at radius 1 is 1.38 bits per heavy atom. The normalized spacial score (nSPS) is 10.8. The Morgan fingerprint density at radius 3 is 3.00 bits per heavy atom.